The molecule has 0 amide bonds. The Balaban J connectivity index is 2.82. The monoisotopic (exact) mass is 278 g/mol. The first-order valence-corrected chi connectivity index (χ1v) is 5.82. The zero-order chi connectivity index (χ0) is 14.4. The van der Waals surface area contributed by atoms with Crippen LogP contribution >= 0.6 is 0 Å². The first-order valence-electron chi connectivity index (χ1n) is 5.82. The Bertz CT molecular complexity index is 416. The van der Waals surface area contributed by atoms with Crippen LogP contribution in [0.25, 0.3) is 0 Å². The highest BCUT2D eigenvalue weighted by Crippen LogP contribution is 2.29. The van der Waals surface area contributed by atoms with Gasteiger partial charge >= 0.3 is 6.61 Å². The predicted molar refractivity (Wildman–Crippen MR) is 67.0 cm³/mol. The van der Waals surface area contributed by atoms with E-state index in [1.54, 1.807) is 0 Å². The first kappa shape index (κ1) is 15.4. The van der Waals surface area contributed by atoms with E-state index in [0.29, 0.717) is 18.9 Å². The second-order valence-corrected chi connectivity index (χ2v) is 3.95. The fourth-order valence-electron chi connectivity index (χ4n) is 1.48. The van der Waals surface area contributed by atoms with Crippen LogP contribution in [-0.2, 0) is 4.74 Å². The van der Waals surface area contributed by atoms with E-state index >= 15 is 0 Å². The minimum Gasteiger partial charge on any atom is -0.432 e. The van der Waals surface area contributed by atoms with Gasteiger partial charge in [-0.25, -0.2) is 4.39 Å². The van der Waals surface area contributed by atoms with Crippen LogP contribution in [0.3, 0.4) is 0 Å². The van der Waals surface area contributed by atoms with Gasteiger partial charge in [-0.3, -0.25) is 0 Å². The molecule has 0 saturated carbocycles. The molecule has 0 radical (unpaired) electrons. The Morgan fingerprint density at radius 2 is 2.05 bits per heavy atom. The molecule has 1 unspecified atom stereocenters. The van der Waals surface area contributed by atoms with Gasteiger partial charge in [-0.1, -0.05) is 0 Å². The number of nitrogens with one attached hydrogen (secondary N) is 1. The van der Waals surface area contributed by atoms with Crippen molar-refractivity contribution in [3.8, 4) is 5.75 Å². The molecule has 7 heteroatoms. The Morgan fingerprint density at radius 1 is 1.37 bits per heavy atom. The van der Waals surface area contributed by atoms with Crippen molar-refractivity contribution in [3.63, 3.8) is 0 Å². The topological polar surface area (TPSA) is 56.5 Å². The second-order valence-electron chi connectivity index (χ2n) is 3.95. The number of halogens is 3. The summed E-state index contributed by atoms with van der Waals surface area (Å²) in [5.74, 6) is -1.48. The molecule has 0 heterocycles. The summed E-state index contributed by atoms with van der Waals surface area (Å²) in [6.07, 6.45) is 0. The number of hydrogen-bond donors (Lipinski definition) is 2. The van der Waals surface area contributed by atoms with Crippen LogP contribution in [0.5, 0.6) is 5.75 Å². The summed E-state index contributed by atoms with van der Waals surface area (Å²) in [6, 6.07) is 1.94. The van der Waals surface area contributed by atoms with E-state index < -0.39 is 18.2 Å². The van der Waals surface area contributed by atoms with Crippen LogP contribution in [0.4, 0.5) is 24.5 Å². The molecule has 0 aliphatic carbocycles. The Morgan fingerprint density at radius 3 is 2.63 bits per heavy atom. The second kappa shape index (κ2) is 7.08. The van der Waals surface area contributed by atoms with Gasteiger partial charge < -0.3 is 20.5 Å². The third-order valence-corrected chi connectivity index (χ3v) is 2.29. The van der Waals surface area contributed by atoms with Crippen molar-refractivity contribution in [2.45, 2.75) is 26.5 Å². The standard InChI is InChI=1S/C12H17F3N2O2/c1-3-18-6-7(2)17-10-5-11(19-12(14)15)8(13)4-9(10)16/h4-5,7,12,17H,3,6,16H2,1-2H3. The van der Waals surface area contributed by atoms with Crippen molar-refractivity contribution in [2.24, 2.45) is 0 Å². The van der Waals surface area contributed by atoms with E-state index in [2.05, 4.69) is 10.1 Å². The zero-order valence-corrected chi connectivity index (χ0v) is 10.8. The number of nitrogens with two attached hydrogens (primary N) is 1. The van der Waals surface area contributed by atoms with Crippen LogP contribution in [0.2, 0.25) is 0 Å². The third kappa shape index (κ3) is 4.86. The van der Waals surface area contributed by atoms with Crippen LogP contribution in [-0.4, -0.2) is 25.9 Å². The molecule has 19 heavy (non-hydrogen) atoms. The normalized spacial score (nSPS) is 12.5. The molecular formula is C12H17F3N2O2. The Hall–Kier alpha value is -1.63. The van der Waals surface area contributed by atoms with Crippen molar-refractivity contribution in [1.82, 2.24) is 0 Å². The minimum absolute atomic E-state index is 0.105. The van der Waals surface area contributed by atoms with Gasteiger partial charge in [0.25, 0.3) is 0 Å². The summed E-state index contributed by atoms with van der Waals surface area (Å²) in [5.41, 5.74) is 6.05. The van der Waals surface area contributed by atoms with Gasteiger partial charge in [0.05, 0.1) is 18.0 Å². The number of rotatable bonds is 7. The van der Waals surface area contributed by atoms with Crippen LogP contribution in [0.15, 0.2) is 12.1 Å². The average molecular weight is 278 g/mol. The van der Waals surface area contributed by atoms with E-state index in [-0.39, 0.29) is 11.7 Å². The van der Waals surface area contributed by atoms with E-state index in [0.717, 1.165) is 12.1 Å². The highest BCUT2D eigenvalue weighted by Gasteiger charge is 2.14. The molecule has 0 bridgehead atoms. The number of anilines is 2. The molecule has 3 N–H and O–H groups in total. The van der Waals surface area contributed by atoms with Crippen molar-refractivity contribution >= 4 is 11.4 Å². The largest absolute Gasteiger partial charge is 0.432 e. The quantitative estimate of drug-likeness (QED) is 0.753. The molecule has 1 aromatic rings. The molecule has 0 saturated heterocycles. The third-order valence-electron chi connectivity index (χ3n) is 2.29. The molecule has 1 aromatic carbocycles. The maximum atomic E-state index is 13.3. The number of benzene rings is 1. The van der Waals surface area contributed by atoms with Crippen molar-refractivity contribution < 1.29 is 22.6 Å². The van der Waals surface area contributed by atoms with Gasteiger partial charge in [0.1, 0.15) is 0 Å². The molecule has 1 atom stereocenters. The van der Waals surface area contributed by atoms with Gasteiger partial charge in [0.2, 0.25) is 0 Å². The van der Waals surface area contributed by atoms with Crippen LogP contribution in [0, 0.1) is 5.82 Å². The van der Waals surface area contributed by atoms with Gasteiger partial charge in [-0.2, -0.15) is 8.78 Å². The number of nitrogen functional groups attached to an aromatic ring is 1. The first-order chi connectivity index (χ1) is 8.93. The van der Waals surface area contributed by atoms with Crippen molar-refractivity contribution in [3.05, 3.63) is 17.9 Å². The van der Waals surface area contributed by atoms with Gasteiger partial charge in [-0.15, -0.1) is 0 Å². The van der Waals surface area contributed by atoms with Crippen LogP contribution in [0.1, 0.15) is 13.8 Å². The molecule has 0 fully saturated rings. The van der Waals surface area contributed by atoms with E-state index in [9.17, 15) is 13.2 Å². The Labute approximate surface area is 109 Å². The van der Waals surface area contributed by atoms with E-state index in [1.807, 2.05) is 13.8 Å². The molecule has 108 valence electrons. The minimum atomic E-state index is -3.09. The van der Waals surface area contributed by atoms with Crippen molar-refractivity contribution in [2.75, 3.05) is 24.3 Å². The van der Waals surface area contributed by atoms with Gasteiger partial charge in [-0.05, 0) is 13.8 Å². The SMILES string of the molecule is CCOCC(C)Nc1cc(OC(F)F)c(F)cc1N. The van der Waals surface area contributed by atoms with Crippen LogP contribution < -0.4 is 15.8 Å². The number of alkyl halides is 2. The molecule has 0 aromatic heterocycles. The summed E-state index contributed by atoms with van der Waals surface area (Å²) >= 11 is 0. The lowest BCUT2D eigenvalue weighted by atomic mass is 10.2. The molecule has 1 rings (SSSR count). The highest BCUT2D eigenvalue weighted by atomic mass is 19.3. The number of hydrogen-bond acceptors (Lipinski definition) is 4. The van der Waals surface area contributed by atoms with Gasteiger partial charge in [0, 0.05) is 24.8 Å². The average Bonchev–Trinajstić information content (AvgIpc) is 2.32. The molecule has 0 aliphatic rings. The highest BCUT2D eigenvalue weighted by molar-refractivity contribution is 5.68. The number of ether oxygens (including phenoxy) is 2. The fraction of sp³-hybridized carbons (Fsp3) is 0.500. The summed E-state index contributed by atoms with van der Waals surface area (Å²) in [7, 11) is 0. The molecule has 0 aliphatic heterocycles. The summed E-state index contributed by atoms with van der Waals surface area (Å²) in [5, 5.41) is 2.94. The Kier molecular flexibility index (Phi) is 5.75. The van der Waals surface area contributed by atoms with Crippen molar-refractivity contribution in [1.29, 1.82) is 0 Å². The molecule has 0 spiro atoms. The maximum Gasteiger partial charge on any atom is 0.387 e. The fourth-order valence-corrected chi connectivity index (χ4v) is 1.48. The molecular weight excluding hydrogens is 261 g/mol. The lowest BCUT2D eigenvalue weighted by Gasteiger charge is -2.18. The maximum absolute atomic E-state index is 13.3. The summed E-state index contributed by atoms with van der Waals surface area (Å²) in [6.45, 7) is 1.56. The zero-order valence-electron chi connectivity index (χ0n) is 10.8. The summed E-state index contributed by atoms with van der Waals surface area (Å²) < 4.78 is 46.8. The lowest BCUT2D eigenvalue weighted by Crippen LogP contribution is -2.22. The van der Waals surface area contributed by atoms with Gasteiger partial charge in [0.15, 0.2) is 11.6 Å². The summed E-state index contributed by atoms with van der Waals surface area (Å²) in [4.78, 5) is 0. The lowest BCUT2D eigenvalue weighted by molar-refractivity contribution is -0.0521. The van der Waals surface area contributed by atoms with E-state index in [1.165, 1.54) is 0 Å². The predicted octanol–water partition coefficient (Wildman–Crippen LogP) is 2.85. The van der Waals surface area contributed by atoms with E-state index in [4.69, 9.17) is 10.5 Å². The molecule has 4 nitrogen and oxygen atoms in total. The smallest absolute Gasteiger partial charge is 0.387 e.